The third-order valence-electron chi connectivity index (χ3n) is 3.77. The van der Waals surface area contributed by atoms with Crippen LogP contribution in [0.25, 0.3) is 0 Å². The maximum Gasteiger partial charge on any atom is 0.253 e. The zero-order valence-electron chi connectivity index (χ0n) is 13.2. The molecule has 1 heterocycles. The molecule has 1 fully saturated rings. The molecule has 1 saturated heterocycles. The number of carbonyl (C=O) groups excluding carboxylic acids is 1. The number of halogens is 1. The Balaban J connectivity index is 0.00000242. The monoisotopic (exact) mass is 328 g/mol. The van der Waals surface area contributed by atoms with Gasteiger partial charge in [-0.05, 0) is 44.2 Å². The lowest BCUT2D eigenvalue weighted by Gasteiger charge is -2.32. The summed E-state index contributed by atoms with van der Waals surface area (Å²) in [5.74, 6) is 0.855. The van der Waals surface area contributed by atoms with Crippen LogP contribution in [0.15, 0.2) is 24.3 Å². The van der Waals surface area contributed by atoms with Gasteiger partial charge in [0.05, 0.1) is 6.61 Å². The minimum atomic E-state index is 0. The molecule has 0 aromatic heterocycles. The van der Waals surface area contributed by atoms with E-state index in [1.807, 2.05) is 36.2 Å². The first-order chi connectivity index (χ1) is 10.2. The number of benzene rings is 1. The van der Waals surface area contributed by atoms with E-state index in [4.69, 9.17) is 9.47 Å². The van der Waals surface area contributed by atoms with Crippen LogP contribution >= 0.6 is 12.4 Å². The predicted octanol–water partition coefficient (Wildman–Crippen LogP) is 1.96. The Kier molecular flexibility index (Phi) is 8.24. The van der Waals surface area contributed by atoms with Crippen molar-refractivity contribution in [3.8, 4) is 5.75 Å². The van der Waals surface area contributed by atoms with Crippen molar-refractivity contribution in [1.29, 1.82) is 0 Å². The first-order valence-electron chi connectivity index (χ1n) is 7.43. The number of piperidine rings is 1. The number of hydrogen-bond donors (Lipinski definition) is 1. The smallest absolute Gasteiger partial charge is 0.253 e. The Labute approximate surface area is 138 Å². The molecule has 1 aromatic rings. The average Bonchev–Trinajstić information content (AvgIpc) is 2.55. The molecule has 6 heteroatoms. The van der Waals surface area contributed by atoms with Gasteiger partial charge in [-0.25, -0.2) is 0 Å². The van der Waals surface area contributed by atoms with Gasteiger partial charge in [0.25, 0.3) is 5.91 Å². The van der Waals surface area contributed by atoms with Crippen molar-refractivity contribution in [2.75, 3.05) is 40.5 Å². The molecule has 0 bridgehead atoms. The summed E-state index contributed by atoms with van der Waals surface area (Å²) in [6, 6.07) is 7.73. The van der Waals surface area contributed by atoms with Gasteiger partial charge in [-0.3, -0.25) is 4.79 Å². The number of likely N-dealkylation sites (N-methyl/N-ethyl adjacent to an activating group) is 1. The zero-order chi connectivity index (χ0) is 15.1. The van der Waals surface area contributed by atoms with E-state index < -0.39 is 0 Å². The summed E-state index contributed by atoms with van der Waals surface area (Å²) in [5, 5.41) is 3.25. The van der Waals surface area contributed by atoms with E-state index in [0.29, 0.717) is 24.8 Å². The molecule has 0 radical (unpaired) electrons. The fourth-order valence-electron chi connectivity index (χ4n) is 2.52. The van der Waals surface area contributed by atoms with Crippen LogP contribution in [0.2, 0.25) is 0 Å². The summed E-state index contributed by atoms with van der Waals surface area (Å²) in [7, 11) is 3.59. The standard InChI is InChI=1S/C16H24N2O3.ClH/c1-17-14-4-3-9-18(12-14)16(19)13-5-7-15(8-6-13)21-11-10-20-2;/h5-8,14,17H,3-4,9-12H2,1-2H3;1H. The maximum atomic E-state index is 12.5. The molecule has 1 aromatic carbocycles. The zero-order valence-corrected chi connectivity index (χ0v) is 14.0. The number of ether oxygens (including phenoxy) is 2. The molecule has 0 aliphatic carbocycles. The summed E-state index contributed by atoms with van der Waals surface area (Å²) >= 11 is 0. The van der Waals surface area contributed by atoms with Gasteiger partial charge in [0, 0.05) is 31.8 Å². The number of likely N-dealkylation sites (tertiary alicyclic amines) is 1. The first kappa shape index (κ1) is 18.7. The summed E-state index contributed by atoms with van der Waals surface area (Å²) in [6.45, 7) is 2.68. The fourth-order valence-corrected chi connectivity index (χ4v) is 2.52. The van der Waals surface area contributed by atoms with Crippen LogP contribution in [-0.2, 0) is 4.74 Å². The summed E-state index contributed by atoms with van der Waals surface area (Å²) < 4.78 is 10.4. The molecule has 1 amide bonds. The van der Waals surface area contributed by atoms with Crippen molar-refractivity contribution < 1.29 is 14.3 Å². The Hall–Kier alpha value is -1.30. The predicted molar refractivity (Wildman–Crippen MR) is 89.0 cm³/mol. The third kappa shape index (κ3) is 5.16. The molecule has 0 spiro atoms. The van der Waals surface area contributed by atoms with Crippen LogP contribution in [0.3, 0.4) is 0 Å². The Morgan fingerprint density at radius 2 is 2.05 bits per heavy atom. The van der Waals surface area contributed by atoms with Crippen LogP contribution in [0.1, 0.15) is 23.2 Å². The number of amides is 1. The molecule has 2 rings (SSSR count). The largest absolute Gasteiger partial charge is 0.491 e. The van der Waals surface area contributed by atoms with E-state index in [1.165, 1.54) is 0 Å². The molecular weight excluding hydrogens is 304 g/mol. The SMILES string of the molecule is CNC1CCCN(C(=O)c2ccc(OCCOC)cc2)C1.Cl. The van der Waals surface area contributed by atoms with E-state index in [2.05, 4.69) is 5.32 Å². The molecule has 1 aliphatic heterocycles. The minimum Gasteiger partial charge on any atom is -0.491 e. The molecule has 0 saturated carbocycles. The molecule has 5 nitrogen and oxygen atoms in total. The van der Waals surface area contributed by atoms with Crippen molar-refractivity contribution in [2.24, 2.45) is 0 Å². The highest BCUT2D eigenvalue weighted by atomic mass is 35.5. The van der Waals surface area contributed by atoms with Crippen molar-refractivity contribution in [3.05, 3.63) is 29.8 Å². The number of carbonyl (C=O) groups is 1. The number of nitrogens with one attached hydrogen (secondary N) is 1. The molecule has 124 valence electrons. The number of rotatable bonds is 6. The van der Waals surface area contributed by atoms with Crippen LogP contribution in [-0.4, -0.2) is 57.3 Å². The van der Waals surface area contributed by atoms with Crippen LogP contribution in [0.5, 0.6) is 5.75 Å². The van der Waals surface area contributed by atoms with Crippen LogP contribution < -0.4 is 10.1 Å². The summed E-state index contributed by atoms with van der Waals surface area (Å²) in [5.41, 5.74) is 0.714. The molecular formula is C16H25ClN2O3. The van der Waals surface area contributed by atoms with Crippen molar-refractivity contribution >= 4 is 18.3 Å². The third-order valence-corrected chi connectivity index (χ3v) is 3.77. The van der Waals surface area contributed by atoms with Crippen molar-refractivity contribution in [2.45, 2.75) is 18.9 Å². The van der Waals surface area contributed by atoms with Gasteiger partial charge in [0.1, 0.15) is 12.4 Å². The number of nitrogens with zero attached hydrogens (tertiary/aromatic N) is 1. The van der Waals surface area contributed by atoms with E-state index in [-0.39, 0.29) is 18.3 Å². The molecule has 1 aliphatic rings. The molecule has 22 heavy (non-hydrogen) atoms. The Morgan fingerprint density at radius 3 is 2.68 bits per heavy atom. The van der Waals surface area contributed by atoms with Gasteiger partial charge < -0.3 is 19.7 Å². The van der Waals surface area contributed by atoms with Gasteiger partial charge >= 0.3 is 0 Å². The lowest BCUT2D eigenvalue weighted by molar-refractivity contribution is 0.0698. The average molecular weight is 329 g/mol. The first-order valence-corrected chi connectivity index (χ1v) is 7.43. The quantitative estimate of drug-likeness (QED) is 0.811. The summed E-state index contributed by atoms with van der Waals surface area (Å²) in [4.78, 5) is 14.4. The second-order valence-corrected chi connectivity index (χ2v) is 5.24. The second kappa shape index (κ2) is 9.66. The van der Waals surface area contributed by atoms with Gasteiger partial charge in [-0.2, -0.15) is 0 Å². The van der Waals surface area contributed by atoms with E-state index in [0.717, 1.165) is 31.7 Å². The lowest BCUT2D eigenvalue weighted by Crippen LogP contribution is -2.46. The topological polar surface area (TPSA) is 50.8 Å². The van der Waals surface area contributed by atoms with E-state index in [9.17, 15) is 4.79 Å². The highest BCUT2D eigenvalue weighted by molar-refractivity contribution is 5.94. The lowest BCUT2D eigenvalue weighted by atomic mass is 10.0. The fraction of sp³-hybridized carbons (Fsp3) is 0.562. The molecule has 1 atom stereocenters. The number of hydrogen-bond acceptors (Lipinski definition) is 4. The molecule has 1 N–H and O–H groups in total. The number of methoxy groups -OCH3 is 1. The Bertz CT molecular complexity index is 453. The highest BCUT2D eigenvalue weighted by Gasteiger charge is 2.23. The second-order valence-electron chi connectivity index (χ2n) is 5.24. The van der Waals surface area contributed by atoms with Gasteiger partial charge in [-0.15, -0.1) is 12.4 Å². The van der Waals surface area contributed by atoms with Gasteiger partial charge in [0.15, 0.2) is 0 Å². The summed E-state index contributed by atoms with van der Waals surface area (Å²) in [6.07, 6.45) is 2.18. The van der Waals surface area contributed by atoms with Crippen LogP contribution in [0.4, 0.5) is 0 Å². The van der Waals surface area contributed by atoms with Gasteiger partial charge in [0.2, 0.25) is 0 Å². The van der Waals surface area contributed by atoms with Crippen LogP contribution in [0, 0.1) is 0 Å². The van der Waals surface area contributed by atoms with Crippen molar-refractivity contribution in [1.82, 2.24) is 10.2 Å². The van der Waals surface area contributed by atoms with E-state index in [1.54, 1.807) is 7.11 Å². The molecule has 1 unspecified atom stereocenters. The highest BCUT2D eigenvalue weighted by Crippen LogP contribution is 2.17. The Morgan fingerprint density at radius 1 is 1.32 bits per heavy atom. The minimum absolute atomic E-state index is 0. The van der Waals surface area contributed by atoms with Gasteiger partial charge in [-0.1, -0.05) is 0 Å². The normalized spacial score (nSPS) is 17.7. The maximum absolute atomic E-state index is 12.5. The van der Waals surface area contributed by atoms with Crippen molar-refractivity contribution in [3.63, 3.8) is 0 Å². The van der Waals surface area contributed by atoms with E-state index >= 15 is 0 Å².